The third kappa shape index (κ3) is 3.25. The van der Waals surface area contributed by atoms with E-state index in [0.717, 1.165) is 17.7 Å². The summed E-state index contributed by atoms with van der Waals surface area (Å²) < 4.78 is 0. The molecule has 1 fully saturated rings. The molecule has 0 aliphatic heterocycles. The van der Waals surface area contributed by atoms with Gasteiger partial charge in [0.2, 0.25) is 0 Å². The molecule has 3 nitrogen and oxygen atoms in total. The first-order chi connectivity index (χ1) is 8.04. The molecule has 4 heteroatoms. The van der Waals surface area contributed by atoms with Crippen molar-refractivity contribution >= 4 is 23.1 Å². The predicted octanol–water partition coefficient (Wildman–Crippen LogP) is 3.55. The average molecular weight is 254 g/mol. The Balaban J connectivity index is 2.04. The number of aromatic nitrogens is 1. The van der Waals surface area contributed by atoms with Gasteiger partial charge in [-0.1, -0.05) is 25.4 Å². The summed E-state index contributed by atoms with van der Waals surface area (Å²) >= 11 is 5.84. The zero-order valence-corrected chi connectivity index (χ0v) is 11.2. The van der Waals surface area contributed by atoms with E-state index in [0.29, 0.717) is 16.8 Å². The van der Waals surface area contributed by atoms with E-state index < -0.39 is 0 Å². The summed E-state index contributed by atoms with van der Waals surface area (Å²) in [4.78, 5) is 4.25. The minimum Gasteiger partial charge on any atom is -0.396 e. The van der Waals surface area contributed by atoms with E-state index in [4.69, 9.17) is 17.3 Å². The van der Waals surface area contributed by atoms with Crippen LogP contribution < -0.4 is 11.1 Å². The van der Waals surface area contributed by atoms with Gasteiger partial charge in [0.1, 0.15) is 5.82 Å². The fourth-order valence-electron chi connectivity index (χ4n) is 2.83. The maximum absolute atomic E-state index is 5.90. The number of nitrogens with one attached hydrogen (secondary N) is 1. The number of hydrogen-bond acceptors (Lipinski definition) is 3. The SMILES string of the molecule is CC1CC(C)CC(Nc2ncc(Cl)cc2N)C1. The van der Waals surface area contributed by atoms with Crippen LogP contribution in [0.3, 0.4) is 0 Å². The summed E-state index contributed by atoms with van der Waals surface area (Å²) in [6.07, 6.45) is 5.33. The number of anilines is 2. The van der Waals surface area contributed by atoms with Crippen LogP contribution in [0.15, 0.2) is 12.3 Å². The van der Waals surface area contributed by atoms with E-state index in [1.54, 1.807) is 12.3 Å². The fourth-order valence-corrected chi connectivity index (χ4v) is 3.00. The van der Waals surface area contributed by atoms with Gasteiger partial charge in [0.25, 0.3) is 0 Å². The van der Waals surface area contributed by atoms with Crippen LogP contribution >= 0.6 is 11.6 Å². The highest BCUT2D eigenvalue weighted by atomic mass is 35.5. The molecule has 2 atom stereocenters. The molecule has 2 rings (SSSR count). The summed E-state index contributed by atoms with van der Waals surface area (Å²) in [5.74, 6) is 2.30. The Morgan fingerprint density at radius 2 is 1.94 bits per heavy atom. The van der Waals surface area contributed by atoms with Gasteiger partial charge in [0.15, 0.2) is 0 Å². The summed E-state index contributed by atoms with van der Waals surface area (Å²) in [6.45, 7) is 4.62. The second-order valence-electron chi connectivity index (χ2n) is 5.35. The maximum atomic E-state index is 5.90. The topological polar surface area (TPSA) is 50.9 Å². The van der Waals surface area contributed by atoms with Crippen LogP contribution in [-0.2, 0) is 0 Å². The van der Waals surface area contributed by atoms with Crippen LogP contribution in [0.1, 0.15) is 33.1 Å². The normalized spacial score (nSPS) is 29.0. The van der Waals surface area contributed by atoms with Crippen LogP contribution in [0.5, 0.6) is 0 Å². The third-order valence-corrected chi connectivity index (χ3v) is 3.61. The number of rotatable bonds is 2. The maximum Gasteiger partial charge on any atom is 0.149 e. The molecule has 2 unspecified atom stereocenters. The van der Waals surface area contributed by atoms with Crippen LogP contribution in [0.25, 0.3) is 0 Å². The standard InChI is InChI=1S/C13H20ClN3/c1-8-3-9(2)5-11(4-8)17-13-12(15)6-10(14)7-16-13/h6-9,11H,3-5,15H2,1-2H3,(H,16,17). The first kappa shape index (κ1) is 12.5. The second-order valence-corrected chi connectivity index (χ2v) is 5.79. The molecule has 1 aliphatic rings. The lowest BCUT2D eigenvalue weighted by Crippen LogP contribution is -2.30. The number of halogens is 1. The van der Waals surface area contributed by atoms with E-state index in [1.165, 1.54) is 19.3 Å². The fraction of sp³-hybridized carbons (Fsp3) is 0.615. The van der Waals surface area contributed by atoms with Gasteiger partial charge in [-0.3, -0.25) is 0 Å². The van der Waals surface area contributed by atoms with Gasteiger partial charge in [0.05, 0.1) is 10.7 Å². The molecule has 17 heavy (non-hydrogen) atoms. The number of nitrogens with zero attached hydrogens (tertiary/aromatic N) is 1. The van der Waals surface area contributed by atoms with Gasteiger partial charge in [-0.05, 0) is 37.2 Å². The van der Waals surface area contributed by atoms with Gasteiger partial charge >= 0.3 is 0 Å². The molecule has 0 saturated heterocycles. The van der Waals surface area contributed by atoms with Gasteiger partial charge in [0, 0.05) is 12.2 Å². The monoisotopic (exact) mass is 253 g/mol. The summed E-state index contributed by atoms with van der Waals surface area (Å²) in [6, 6.07) is 2.22. The van der Waals surface area contributed by atoms with Crippen molar-refractivity contribution in [1.29, 1.82) is 0 Å². The molecule has 0 amide bonds. The smallest absolute Gasteiger partial charge is 0.149 e. The lowest BCUT2D eigenvalue weighted by atomic mass is 9.80. The molecule has 94 valence electrons. The molecule has 1 aliphatic carbocycles. The minimum atomic E-state index is 0.477. The molecule has 0 aromatic carbocycles. The highest BCUT2D eigenvalue weighted by molar-refractivity contribution is 6.30. The molecule has 3 N–H and O–H groups in total. The summed E-state index contributed by atoms with van der Waals surface area (Å²) in [7, 11) is 0. The van der Waals surface area contributed by atoms with Crippen molar-refractivity contribution in [2.75, 3.05) is 11.1 Å². The predicted molar refractivity (Wildman–Crippen MR) is 73.2 cm³/mol. The van der Waals surface area contributed by atoms with E-state index in [1.807, 2.05) is 0 Å². The second kappa shape index (κ2) is 5.13. The number of nitrogens with two attached hydrogens (primary N) is 1. The third-order valence-electron chi connectivity index (χ3n) is 3.40. The Labute approximate surface area is 108 Å². The van der Waals surface area contributed by atoms with Crippen molar-refractivity contribution in [1.82, 2.24) is 4.98 Å². The highest BCUT2D eigenvalue weighted by Crippen LogP contribution is 2.31. The minimum absolute atomic E-state index is 0.477. The van der Waals surface area contributed by atoms with Crippen molar-refractivity contribution in [3.05, 3.63) is 17.3 Å². The zero-order valence-electron chi connectivity index (χ0n) is 10.4. The first-order valence-electron chi connectivity index (χ1n) is 6.22. The van der Waals surface area contributed by atoms with Gasteiger partial charge in [-0.25, -0.2) is 4.98 Å². The van der Waals surface area contributed by atoms with E-state index in [9.17, 15) is 0 Å². The average Bonchev–Trinajstić information content (AvgIpc) is 2.21. The Bertz CT molecular complexity index is 384. The van der Waals surface area contributed by atoms with Crippen molar-refractivity contribution in [3.8, 4) is 0 Å². The van der Waals surface area contributed by atoms with Crippen LogP contribution in [0, 0.1) is 11.8 Å². The van der Waals surface area contributed by atoms with E-state index in [2.05, 4.69) is 24.1 Å². The molecule has 0 bridgehead atoms. The molecule has 1 heterocycles. The van der Waals surface area contributed by atoms with Crippen molar-refractivity contribution in [3.63, 3.8) is 0 Å². The van der Waals surface area contributed by atoms with E-state index in [-0.39, 0.29) is 0 Å². The molecule has 1 aromatic heterocycles. The first-order valence-corrected chi connectivity index (χ1v) is 6.60. The lowest BCUT2D eigenvalue weighted by Gasteiger charge is -2.32. The Hall–Kier alpha value is -0.960. The molecular weight excluding hydrogens is 234 g/mol. The summed E-state index contributed by atoms with van der Waals surface area (Å²) in [5.41, 5.74) is 6.53. The van der Waals surface area contributed by atoms with Crippen molar-refractivity contribution in [2.24, 2.45) is 11.8 Å². The Morgan fingerprint density at radius 1 is 1.29 bits per heavy atom. The van der Waals surface area contributed by atoms with Crippen molar-refractivity contribution in [2.45, 2.75) is 39.2 Å². The van der Waals surface area contributed by atoms with Gasteiger partial charge in [-0.2, -0.15) is 0 Å². The number of nitrogen functional groups attached to an aromatic ring is 1. The van der Waals surface area contributed by atoms with Crippen molar-refractivity contribution < 1.29 is 0 Å². The van der Waals surface area contributed by atoms with Crippen LogP contribution in [0.2, 0.25) is 5.02 Å². The van der Waals surface area contributed by atoms with Crippen LogP contribution in [0.4, 0.5) is 11.5 Å². The highest BCUT2D eigenvalue weighted by Gasteiger charge is 2.24. The molecule has 1 aromatic rings. The van der Waals surface area contributed by atoms with E-state index >= 15 is 0 Å². The zero-order chi connectivity index (χ0) is 12.4. The van der Waals surface area contributed by atoms with Crippen LogP contribution in [-0.4, -0.2) is 11.0 Å². The molecule has 0 radical (unpaired) electrons. The lowest BCUT2D eigenvalue weighted by molar-refractivity contribution is 0.280. The molecular formula is C13H20ClN3. The molecule has 0 spiro atoms. The van der Waals surface area contributed by atoms with Gasteiger partial charge < -0.3 is 11.1 Å². The van der Waals surface area contributed by atoms with Gasteiger partial charge in [-0.15, -0.1) is 0 Å². The Morgan fingerprint density at radius 3 is 2.53 bits per heavy atom. The number of pyridine rings is 1. The summed E-state index contributed by atoms with van der Waals surface area (Å²) in [5, 5.41) is 4.02. The molecule has 1 saturated carbocycles. The Kier molecular flexibility index (Phi) is 3.77. The number of hydrogen-bond donors (Lipinski definition) is 2. The largest absolute Gasteiger partial charge is 0.396 e. The quantitative estimate of drug-likeness (QED) is 0.848.